The van der Waals surface area contributed by atoms with Gasteiger partial charge in [-0.15, -0.1) is 0 Å². The first-order chi connectivity index (χ1) is 12.0. The Kier molecular flexibility index (Phi) is 6.65. The van der Waals surface area contributed by atoms with Crippen molar-refractivity contribution in [2.24, 2.45) is 0 Å². The van der Waals surface area contributed by atoms with Crippen molar-refractivity contribution in [1.82, 2.24) is 15.2 Å². The van der Waals surface area contributed by atoms with Crippen molar-refractivity contribution in [2.45, 2.75) is 13.3 Å². The molecule has 2 aromatic rings. The molecule has 0 aliphatic rings. The molecule has 1 aromatic heterocycles. The fraction of sp³-hybridized carbons (Fsp3) is 0.316. The number of aryl methyl sites for hydroxylation is 1. The molecule has 2 rings (SSSR count). The van der Waals surface area contributed by atoms with Crippen LogP contribution < -0.4 is 10.6 Å². The van der Waals surface area contributed by atoms with Gasteiger partial charge in [-0.1, -0.05) is 25.1 Å². The lowest BCUT2D eigenvalue weighted by molar-refractivity contribution is 0.0946. The summed E-state index contributed by atoms with van der Waals surface area (Å²) in [5, 5.41) is 5.58. The van der Waals surface area contributed by atoms with Crippen LogP contribution in [0.2, 0.25) is 0 Å². The number of nitrogens with zero attached hydrogens (tertiary/aromatic N) is 2. The fourth-order valence-corrected chi connectivity index (χ4v) is 2.19. The number of carbonyl (C=O) groups is 2. The van der Waals surface area contributed by atoms with Crippen molar-refractivity contribution in [1.29, 1.82) is 0 Å². The molecule has 0 spiro atoms. The van der Waals surface area contributed by atoms with E-state index in [1.54, 1.807) is 18.2 Å². The molecule has 0 saturated carbocycles. The fourth-order valence-electron chi connectivity index (χ4n) is 2.19. The number of hydrogen-bond acceptors (Lipinski definition) is 4. The highest BCUT2D eigenvalue weighted by Gasteiger charge is 2.12. The van der Waals surface area contributed by atoms with E-state index in [-0.39, 0.29) is 23.2 Å². The lowest BCUT2D eigenvalue weighted by Gasteiger charge is -2.10. The normalized spacial score (nSPS) is 10.6. The number of aromatic nitrogens is 1. The highest BCUT2D eigenvalue weighted by atomic mass is 16.2. The Morgan fingerprint density at radius 2 is 1.64 bits per heavy atom. The van der Waals surface area contributed by atoms with Crippen LogP contribution in [0.4, 0.5) is 5.69 Å². The molecular formula is C19H24N4O2. The zero-order chi connectivity index (χ0) is 18.2. The summed E-state index contributed by atoms with van der Waals surface area (Å²) in [6.45, 7) is 3.33. The second-order valence-electron chi connectivity index (χ2n) is 5.97. The monoisotopic (exact) mass is 340 g/mol. The highest BCUT2D eigenvalue weighted by Crippen LogP contribution is 2.11. The van der Waals surface area contributed by atoms with Crippen LogP contribution in [-0.4, -0.2) is 48.9 Å². The van der Waals surface area contributed by atoms with Gasteiger partial charge in [0, 0.05) is 18.8 Å². The third kappa shape index (κ3) is 5.69. The van der Waals surface area contributed by atoms with Crippen LogP contribution in [0.3, 0.4) is 0 Å². The van der Waals surface area contributed by atoms with Crippen molar-refractivity contribution >= 4 is 17.5 Å². The quantitative estimate of drug-likeness (QED) is 0.810. The lowest BCUT2D eigenvalue weighted by atomic mass is 10.1. The minimum atomic E-state index is -0.341. The number of amides is 2. The van der Waals surface area contributed by atoms with Crippen molar-refractivity contribution in [3.05, 3.63) is 59.4 Å². The number of hydrogen-bond donors (Lipinski definition) is 2. The molecule has 1 heterocycles. The first kappa shape index (κ1) is 18.6. The first-order valence-corrected chi connectivity index (χ1v) is 8.30. The predicted octanol–water partition coefficient (Wildman–Crippen LogP) is 2.19. The summed E-state index contributed by atoms with van der Waals surface area (Å²) < 4.78 is 0. The molecule has 1 aromatic carbocycles. The van der Waals surface area contributed by atoms with E-state index in [1.807, 2.05) is 43.3 Å². The Labute approximate surface area is 148 Å². The Morgan fingerprint density at radius 1 is 1.00 bits per heavy atom. The average molecular weight is 340 g/mol. The third-order valence-electron chi connectivity index (χ3n) is 3.68. The average Bonchev–Trinajstić information content (AvgIpc) is 2.62. The van der Waals surface area contributed by atoms with E-state index in [4.69, 9.17) is 0 Å². The van der Waals surface area contributed by atoms with Gasteiger partial charge < -0.3 is 15.5 Å². The van der Waals surface area contributed by atoms with Crippen molar-refractivity contribution < 1.29 is 9.59 Å². The van der Waals surface area contributed by atoms with Gasteiger partial charge in [0.1, 0.15) is 11.4 Å². The van der Waals surface area contributed by atoms with E-state index in [2.05, 4.69) is 22.5 Å². The van der Waals surface area contributed by atoms with Gasteiger partial charge >= 0.3 is 0 Å². The van der Waals surface area contributed by atoms with E-state index >= 15 is 0 Å². The number of pyridine rings is 1. The highest BCUT2D eigenvalue weighted by molar-refractivity contribution is 6.03. The van der Waals surface area contributed by atoms with Gasteiger partial charge in [-0.25, -0.2) is 4.98 Å². The molecule has 2 N–H and O–H groups in total. The topological polar surface area (TPSA) is 74.3 Å². The smallest absolute Gasteiger partial charge is 0.274 e. The molecular weight excluding hydrogens is 316 g/mol. The van der Waals surface area contributed by atoms with Gasteiger partial charge in [0.2, 0.25) is 0 Å². The zero-order valence-corrected chi connectivity index (χ0v) is 14.9. The number of benzene rings is 1. The van der Waals surface area contributed by atoms with Crippen molar-refractivity contribution in [2.75, 3.05) is 32.5 Å². The van der Waals surface area contributed by atoms with Crippen molar-refractivity contribution in [3.8, 4) is 0 Å². The van der Waals surface area contributed by atoms with Crippen LogP contribution in [-0.2, 0) is 6.42 Å². The van der Waals surface area contributed by atoms with Gasteiger partial charge in [-0.2, -0.15) is 0 Å². The van der Waals surface area contributed by atoms with Crippen LogP contribution in [0.25, 0.3) is 0 Å². The summed E-state index contributed by atoms with van der Waals surface area (Å²) in [5.41, 5.74) is 2.34. The van der Waals surface area contributed by atoms with Gasteiger partial charge in [-0.05, 0) is 50.3 Å². The molecule has 0 saturated heterocycles. The summed E-state index contributed by atoms with van der Waals surface area (Å²) in [6.07, 6.45) is 0.945. The molecule has 25 heavy (non-hydrogen) atoms. The summed E-state index contributed by atoms with van der Waals surface area (Å²) in [4.78, 5) is 30.6. The molecule has 0 aliphatic heterocycles. The lowest BCUT2D eigenvalue weighted by Crippen LogP contribution is -2.32. The molecule has 0 aliphatic carbocycles. The summed E-state index contributed by atoms with van der Waals surface area (Å²) in [7, 11) is 3.87. The molecule has 2 amide bonds. The van der Waals surface area contributed by atoms with E-state index < -0.39 is 0 Å². The Morgan fingerprint density at radius 3 is 2.24 bits per heavy atom. The molecule has 132 valence electrons. The Balaban J connectivity index is 2.01. The van der Waals surface area contributed by atoms with Crippen LogP contribution in [0.5, 0.6) is 0 Å². The molecule has 0 radical (unpaired) electrons. The molecule has 0 unspecified atom stereocenters. The minimum Gasteiger partial charge on any atom is -0.349 e. The van der Waals surface area contributed by atoms with Crippen LogP contribution in [0.1, 0.15) is 33.5 Å². The maximum atomic E-state index is 12.3. The molecule has 6 heteroatoms. The minimum absolute atomic E-state index is 0.208. The van der Waals surface area contributed by atoms with Gasteiger partial charge in [0.15, 0.2) is 0 Å². The summed E-state index contributed by atoms with van der Waals surface area (Å²) >= 11 is 0. The Bertz CT molecular complexity index is 726. The number of nitrogens with one attached hydrogen (secondary N) is 2. The van der Waals surface area contributed by atoms with E-state index in [0.717, 1.165) is 13.0 Å². The summed E-state index contributed by atoms with van der Waals surface area (Å²) in [6, 6.07) is 12.5. The van der Waals surface area contributed by atoms with E-state index in [0.29, 0.717) is 12.2 Å². The number of carbonyl (C=O) groups excluding carboxylic acids is 2. The maximum Gasteiger partial charge on any atom is 0.274 e. The van der Waals surface area contributed by atoms with E-state index in [9.17, 15) is 9.59 Å². The summed E-state index contributed by atoms with van der Waals surface area (Å²) in [5.74, 6) is -0.629. The van der Waals surface area contributed by atoms with Crippen molar-refractivity contribution in [3.63, 3.8) is 0 Å². The standard InChI is InChI=1S/C19H24N4O2/c1-4-14-8-10-15(11-9-14)21-19(25)17-7-5-6-16(22-17)18(24)20-12-13-23(2)3/h5-11H,4,12-13H2,1-3H3,(H,20,24)(H,21,25). The maximum absolute atomic E-state index is 12.3. The van der Waals surface area contributed by atoms with E-state index in [1.165, 1.54) is 5.56 Å². The SMILES string of the molecule is CCc1ccc(NC(=O)c2cccc(C(=O)NCCN(C)C)n2)cc1. The first-order valence-electron chi connectivity index (χ1n) is 8.30. The number of likely N-dealkylation sites (N-methyl/N-ethyl adjacent to an activating group) is 1. The number of anilines is 1. The predicted molar refractivity (Wildman–Crippen MR) is 98.9 cm³/mol. The number of rotatable bonds is 7. The molecule has 6 nitrogen and oxygen atoms in total. The van der Waals surface area contributed by atoms with Gasteiger partial charge in [-0.3, -0.25) is 9.59 Å². The Hall–Kier alpha value is -2.73. The molecule has 0 fully saturated rings. The molecule has 0 atom stereocenters. The molecule has 0 bridgehead atoms. The largest absolute Gasteiger partial charge is 0.349 e. The van der Waals surface area contributed by atoms with Crippen LogP contribution >= 0.6 is 0 Å². The van der Waals surface area contributed by atoms with Gasteiger partial charge in [0.05, 0.1) is 0 Å². The third-order valence-corrected chi connectivity index (χ3v) is 3.68. The second-order valence-corrected chi connectivity index (χ2v) is 5.97. The zero-order valence-electron chi connectivity index (χ0n) is 14.9. The van der Waals surface area contributed by atoms with Crippen LogP contribution in [0.15, 0.2) is 42.5 Å². The second kappa shape index (κ2) is 8.94. The van der Waals surface area contributed by atoms with Crippen LogP contribution in [0, 0.1) is 0 Å². The van der Waals surface area contributed by atoms with Gasteiger partial charge in [0.25, 0.3) is 11.8 Å².